The standard InChI is InChI=1S/C25H28N2O4/c1-4-31-20-12-8-11-19(17-20)23-22(21(28)14-13-18-9-6-5-7-10-18)24(29)25(30)27(23)16-15-26(2)3/h5-14,17,23,29H,4,15-16H2,1-3H3/b14-13+. The summed E-state index contributed by atoms with van der Waals surface area (Å²) in [6.45, 7) is 3.37. The molecule has 0 spiro atoms. The number of aliphatic hydroxyl groups is 1. The number of aliphatic hydroxyl groups excluding tert-OH is 1. The van der Waals surface area contributed by atoms with Crippen LogP contribution in [0.3, 0.4) is 0 Å². The highest BCUT2D eigenvalue weighted by atomic mass is 16.5. The summed E-state index contributed by atoms with van der Waals surface area (Å²) >= 11 is 0. The normalized spacial score (nSPS) is 16.6. The van der Waals surface area contributed by atoms with Gasteiger partial charge >= 0.3 is 0 Å². The summed E-state index contributed by atoms with van der Waals surface area (Å²) in [5.41, 5.74) is 1.67. The molecule has 162 valence electrons. The van der Waals surface area contributed by atoms with E-state index in [1.165, 1.54) is 6.08 Å². The van der Waals surface area contributed by atoms with E-state index in [0.29, 0.717) is 25.4 Å². The maximum Gasteiger partial charge on any atom is 0.290 e. The van der Waals surface area contributed by atoms with E-state index in [9.17, 15) is 14.7 Å². The van der Waals surface area contributed by atoms with Gasteiger partial charge in [0.1, 0.15) is 5.75 Å². The number of rotatable bonds is 9. The van der Waals surface area contributed by atoms with Crippen molar-refractivity contribution in [2.24, 2.45) is 0 Å². The van der Waals surface area contributed by atoms with Gasteiger partial charge in [-0.15, -0.1) is 0 Å². The molecule has 1 atom stereocenters. The van der Waals surface area contributed by atoms with Crippen LogP contribution >= 0.6 is 0 Å². The quantitative estimate of drug-likeness (QED) is 0.628. The van der Waals surface area contributed by atoms with Crippen LogP contribution in [0.5, 0.6) is 5.75 Å². The summed E-state index contributed by atoms with van der Waals surface area (Å²) in [6, 6.07) is 16.0. The molecule has 2 aromatic carbocycles. The molecule has 1 N–H and O–H groups in total. The van der Waals surface area contributed by atoms with E-state index < -0.39 is 23.5 Å². The van der Waals surface area contributed by atoms with Gasteiger partial charge in [-0.05, 0) is 50.4 Å². The Morgan fingerprint density at radius 1 is 1.16 bits per heavy atom. The van der Waals surface area contributed by atoms with Gasteiger partial charge in [0, 0.05) is 13.1 Å². The summed E-state index contributed by atoms with van der Waals surface area (Å²) in [6.07, 6.45) is 3.09. The van der Waals surface area contributed by atoms with E-state index in [-0.39, 0.29) is 5.57 Å². The lowest BCUT2D eigenvalue weighted by Crippen LogP contribution is -2.36. The zero-order valence-corrected chi connectivity index (χ0v) is 18.1. The number of benzene rings is 2. The van der Waals surface area contributed by atoms with E-state index in [1.54, 1.807) is 11.0 Å². The van der Waals surface area contributed by atoms with Crippen molar-refractivity contribution >= 4 is 17.8 Å². The van der Waals surface area contributed by atoms with Crippen LogP contribution in [0.15, 0.2) is 72.0 Å². The Morgan fingerprint density at radius 3 is 2.58 bits per heavy atom. The van der Waals surface area contributed by atoms with Crippen molar-refractivity contribution in [3.05, 3.63) is 83.1 Å². The number of nitrogens with zero attached hydrogens (tertiary/aromatic N) is 2. The topological polar surface area (TPSA) is 70.1 Å². The molecule has 1 aliphatic rings. The van der Waals surface area contributed by atoms with Crippen molar-refractivity contribution < 1.29 is 19.4 Å². The fourth-order valence-corrected chi connectivity index (χ4v) is 3.56. The predicted octanol–water partition coefficient (Wildman–Crippen LogP) is 3.62. The van der Waals surface area contributed by atoms with Crippen molar-refractivity contribution in [3.63, 3.8) is 0 Å². The van der Waals surface area contributed by atoms with Crippen LogP contribution in [0.25, 0.3) is 6.08 Å². The van der Waals surface area contributed by atoms with Crippen LogP contribution in [-0.2, 0) is 9.59 Å². The number of hydrogen-bond donors (Lipinski definition) is 1. The van der Waals surface area contributed by atoms with Gasteiger partial charge in [-0.2, -0.15) is 0 Å². The molecule has 1 aliphatic heterocycles. The van der Waals surface area contributed by atoms with Gasteiger partial charge < -0.3 is 19.6 Å². The smallest absolute Gasteiger partial charge is 0.290 e. The Morgan fingerprint density at radius 2 is 1.90 bits per heavy atom. The number of amides is 1. The first-order valence-electron chi connectivity index (χ1n) is 10.3. The molecule has 31 heavy (non-hydrogen) atoms. The predicted molar refractivity (Wildman–Crippen MR) is 121 cm³/mol. The van der Waals surface area contributed by atoms with Gasteiger partial charge in [-0.1, -0.05) is 48.5 Å². The fraction of sp³-hybridized carbons (Fsp3) is 0.280. The van der Waals surface area contributed by atoms with Crippen molar-refractivity contribution in [3.8, 4) is 5.75 Å². The summed E-state index contributed by atoms with van der Waals surface area (Å²) < 4.78 is 5.61. The Kier molecular flexibility index (Phi) is 7.26. The molecule has 0 radical (unpaired) electrons. The van der Waals surface area contributed by atoms with Crippen molar-refractivity contribution in [1.82, 2.24) is 9.80 Å². The molecular formula is C25H28N2O4. The first kappa shape index (κ1) is 22.3. The number of carbonyl (C=O) groups is 2. The first-order chi connectivity index (χ1) is 14.9. The summed E-state index contributed by atoms with van der Waals surface area (Å²) in [5.74, 6) is -0.773. The lowest BCUT2D eigenvalue weighted by atomic mass is 9.95. The summed E-state index contributed by atoms with van der Waals surface area (Å²) in [7, 11) is 3.82. The molecule has 3 rings (SSSR count). The Balaban J connectivity index is 1.99. The van der Waals surface area contributed by atoms with E-state index >= 15 is 0 Å². The maximum absolute atomic E-state index is 13.1. The van der Waals surface area contributed by atoms with Crippen LogP contribution in [0.4, 0.5) is 0 Å². The molecule has 6 heteroatoms. The zero-order valence-electron chi connectivity index (χ0n) is 18.1. The highest BCUT2D eigenvalue weighted by Crippen LogP contribution is 2.38. The van der Waals surface area contributed by atoms with Crippen molar-refractivity contribution in [2.75, 3.05) is 33.8 Å². The monoisotopic (exact) mass is 420 g/mol. The van der Waals surface area contributed by atoms with Gasteiger partial charge in [0.2, 0.25) is 0 Å². The number of ketones is 1. The molecule has 1 heterocycles. The van der Waals surface area contributed by atoms with Crippen LogP contribution in [0, 0.1) is 0 Å². The largest absolute Gasteiger partial charge is 0.503 e. The van der Waals surface area contributed by atoms with E-state index in [1.807, 2.05) is 80.5 Å². The minimum atomic E-state index is -0.680. The number of hydrogen-bond acceptors (Lipinski definition) is 5. The second-order valence-electron chi connectivity index (χ2n) is 7.58. The fourth-order valence-electron chi connectivity index (χ4n) is 3.56. The molecule has 0 fully saturated rings. The molecule has 0 saturated heterocycles. The van der Waals surface area contributed by atoms with Crippen molar-refractivity contribution in [2.45, 2.75) is 13.0 Å². The number of carbonyl (C=O) groups excluding carboxylic acids is 2. The van der Waals surface area contributed by atoms with Crippen LogP contribution in [0.2, 0.25) is 0 Å². The third-order valence-corrected chi connectivity index (χ3v) is 5.07. The van der Waals surface area contributed by atoms with Crippen molar-refractivity contribution in [1.29, 1.82) is 0 Å². The first-order valence-corrected chi connectivity index (χ1v) is 10.3. The van der Waals surface area contributed by atoms with Gasteiger partial charge in [0.05, 0.1) is 18.2 Å². The highest BCUT2D eigenvalue weighted by molar-refractivity contribution is 6.14. The Labute approximate surface area is 183 Å². The van der Waals surface area contributed by atoms with E-state index in [0.717, 1.165) is 11.1 Å². The molecule has 0 saturated carbocycles. The third kappa shape index (κ3) is 5.22. The van der Waals surface area contributed by atoms with Gasteiger partial charge in [-0.3, -0.25) is 9.59 Å². The van der Waals surface area contributed by atoms with E-state index in [4.69, 9.17) is 4.74 Å². The number of ether oxygens (including phenoxy) is 1. The second kappa shape index (κ2) is 10.1. The second-order valence-corrected chi connectivity index (χ2v) is 7.58. The third-order valence-electron chi connectivity index (χ3n) is 5.07. The summed E-state index contributed by atoms with van der Waals surface area (Å²) in [4.78, 5) is 29.5. The lowest BCUT2D eigenvalue weighted by molar-refractivity contribution is -0.129. The SMILES string of the molecule is CCOc1cccc(C2C(C(=O)/C=C/c3ccccc3)=C(O)C(=O)N2CCN(C)C)c1. The molecule has 0 aromatic heterocycles. The average Bonchev–Trinajstić information content (AvgIpc) is 3.02. The van der Waals surface area contributed by atoms with Crippen LogP contribution in [-0.4, -0.2) is 60.4 Å². The molecular weight excluding hydrogens is 392 g/mol. The minimum Gasteiger partial charge on any atom is -0.503 e. The van der Waals surface area contributed by atoms with Gasteiger partial charge in [-0.25, -0.2) is 0 Å². The average molecular weight is 421 g/mol. The lowest BCUT2D eigenvalue weighted by Gasteiger charge is -2.28. The number of likely N-dealkylation sites (N-methyl/N-ethyl adjacent to an activating group) is 1. The van der Waals surface area contributed by atoms with Gasteiger partial charge in [0.15, 0.2) is 11.5 Å². The maximum atomic E-state index is 13.1. The minimum absolute atomic E-state index is 0.0876. The molecule has 1 amide bonds. The number of allylic oxidation sites excluding steroid dienone is 1. The molecule has 2 aromatic rings. The summed E-state index contributed by atoms with van der Waals surface area (Å²) in [5, 5.41) is 10.7. The zero-order chi connectivity index (χ0) is 22.4. The molecule has 0 bridgehead atoms. The Hall–Kier alpha value is -3.38. The molecule has 6 nitrogen and oxygen atoms in total. The highest BCUT2D eigenvalue weighted by Gasteiger charge is 2.42. The molecule has 1 unspecified atom stereocenters. The van der Waals surface area contributed by atoms with Crippen LogP contribution in [0.1, 0.15) is 24.1 Å². The molecule has 0 aliphatic carbocycles. The van der Waals surface area contributed by atoms with Gasteiger partial charge in [0.25, 0.3) is 5.91 Å². The Bertz CT molecular complexity index is 996. The van der Waals surface area contributed by atoms with E-state index in [2.05, 4.69) is 0 Å². The van der Waals surface area contributed by atoms with Crippen LogP contribution < -0.4 is 4.74 Å².